The third-order valence-corrected chi connectivity index (χ3v) is 3.01. The fraction of sp³-hybridized carbons (Fsp3) is 0.125. The molecule has 0 bridgehead atoms. The van der Waals surface area contributed by atoms with E-state index in [1.54, 1.807) is 55.6 Å². The van der Waals surface area contributed by atoms with E-state index in [-0.39, 0.29) is 5.91 Å². The number of nitrogens with one attached hydrogen (secondary N) is 2. The van der Waals surface area contributed by atoms with Crippen molar-refractivity contribution in [2.24, 2.45) is 0 Å². The van der Waals surface area contributed by atoms with Gasteiger partial charge in [-0.15, -0.1) is 0 Å². The van der Waals surface area contributed by atoms with Crippen LogP contribution in [0.5, 0.6) is 0 Å². The fourth-order valence-electron chi connectivity index (χ4n) is 1.85. The molecule has 5 heteroatoms. The normalized spacial score (nSPS) is 11.5. The zero-order valence-corrected chi connectivity index (χ0v) is 11.5. The first-order valence-corrected chi connectivity index (χ1v) is 6.48. The maximum absolute atomic E-state index is 11.9. The highest BCUT2D eigenvalue weighted by atomic mass is 16.3. The standard InChI is InChI=1S/C16H16N2O3/c1-17-15(20)12-7-9-13(10-8-12)18-16(21)14(19)11-5-3-2-4-6-11/h2-10,14,19H,1H3,(H,17,20)(H,18,21). The summed E-state index contributed by atoms with van der Waals surface area (Å²) in [5.41, 5.74) is 1.54. The molecule has 1 atom stereocenters. The average molecular weight is 284 g/mol. The van der Waals surface area contributed by atoms with E-state index in [1.165, 1.54) is 0 Å². The summed E-state index contributed by atoms with van der Waals surface area (Å²) < 4.78 is 0. The Hall–Kier alpha value is -2.66. The predicted molar refractivity (Wildman–Crippen MR) is 79.9 cm³/mol. The minimum absolute atomic E-state index is 0.197. The molecule has 0 radical (unpaired) electrons. The number of benzene rings is 2. The zero-order valence-electron chi connectivity index (χ0n) is 11.5. The molecule has 2 aromatic rings. The lowest BCUT2D eigenvalue weighted by Gasteiger charge is -2.12. The first kappa shape index (κ1) is 14.7. The van der Waals surface area contributed by atoms with Gasteiger partial charge in [-0.2, -0.15) is 0 Å². The van der Waals surface area contributed by atoms with E-state index in [1.807, 2.05) is 6.07 Å². The first-order valence-electron chi connectivity index (χ1n) is 6.48. The van der Waals surface area contributed by atoms with Crippen molar-refractivity contribution in [2.45, 2.75) is 6.10 Å². The van der Waals surface area contributed by atoms with Gasteiger partial charge in [0.2, 0.25) is 0 Å². The Morgan fingerprint density at radius 1 is 1.00 bits per heavy atom. The maximum atomic E-state index is 11.9. The highest BCUT2D eigenvalue weighted by Gasteiger charge is 2.17. The van der Waals surface area contributed by atoms with Crippen molar-refractivity contribution in [3.8, 4) is 0 Å². The van der Waals surface area contributed by atoms with E-state index in [9.17, 15) is 14.7 Å². The van der Waals surface area contributed by atoms with Crippen LogP contribution in [0.15, 0.2) is 54.6 Å². The van der Waals surface area contributed by atoms with E-state index < -0.39 is 12.0 Å². The molecule has 21 heavy (non-hydrogen) atoms. The van der Waals surface area contributed by atoms with Gasteiger partial charge in [-0.05, 0) is 29.8 Å². The van der Waals surface area contributed by atoms with E-state index in [0.29, 0.717) is 16.8 Å². The lowest BCUT2D eigenvalue weighted by atomic mass is 10.1. The molecule has 0 fully saturated rings. The van der Waals surface area contributed by atoms with E-state index in [0.717, 1.165) is 0 Å². The number of aliphatic hydroxyl groups is 1. The van der Waals surface area contributed by atoms with Crippen molar-refractivity contribution in [3.05, 3.63) is 65.7 Å². The summed E-state index contributed by atoms with van der Waals surface area (Å²) in [6.07, 6.45) is -1.23. The lowest BCUT2D eigenvalue weighted by molar-refractivity contribution is -0.124. The van der Waals surface area contributed by atoms with E-state index in [2.05, 4.69) is 10.6 Å². The summed E-state index contributed by atoms with van der Waals surface area (Å²) in [6.45, 7) is 0. The molecule has 2 amide bonds. The highest BCUT2D eigenvalue weighted by molar-refractivity contribution is 5.97. The molecular weight excluding hydrogens is 268 g/mol. The van der Waals surface area contributed by atoms with Crippen LogP contribution >= 0.6 is 0 Å². The van der Waals surface area contributed by atoms with Crippen molar-refractivity contribution >= 4 is 17.5 Å². The van der Waals surface area contributed by atoms with Gasteiger partial charge in [0.25, 0.3) is 11.8 Å². The second-order valence-corrected chi connectivity index (χ2v) is 4.46. The van der Waals surface area contributed by atoms with Crippen LogP contribution in [0.25, 0.3) is 0 Å². The van der Waals surface area contributed by atoms with Crippen molar-refractivity contribution in [1.29, 1.82) is 0 Å². The molecule has 0 saturated heterocycles. The number of carbonyl (C=O) groups is 2. The minimum Gasteiger partial charge on any atom is -0.378 e. The lowest BCUT2D eigenvalue weighted by Crippen LogP contribution is -2.21. The Kier molecular flexibility index (Phi) is 4.68. The van der Waals surface area contributed by atoms with E-state index >= 15 is 0 Å². The number of hydrogen-bond donors (Lipinski definition) is 3. The van der Waals surface area contributed by atoms with Gasteiger partial charge in [-0.1, -0.05) is 30.3 Å². The number of amides is 2. The Labute approximate surface area is 122 Å². The van der Waals surface area contributed by atoms with Gasteiger partial charge < -0.3 is 15.7 Å². The quantitative estimate of drug-likeness (QED) is 0.800. The SMILES string of the molecule is CNC(=O)c1ccc(NC(=O)C(O)c2ccccc2)cc1. The maximum Gasteiger partial charge on any atom is 0.257 e. The predicted octanol–water partition coefficient (Wildman–Crippen LogP) is 1.72. The molecule has 0 saturated carbocycles. The molecule has 1 unspecified atom stereocenters. The number of anilines is 1. The van der Waals surface area contributed by atoms with Crippen molar-refractivity contribution in [2.75, 3.05) is 12.4 Å². The Morgan fingerprint density at radius 2 is 1.62 bits per heavy atom. The molecule has 3 N–H and O–H groups in total. The average Bonchev–Trinajstić information content (AvgIpc) is 2.55. The van der Waals surface area contributed by atoms with Crippen LogP contribution in [0, 0.1) is 0 Å². The molecule has 2 aromatic carbocycles. The molecule has 2 rings (SSSR count). The Morgan fingerprint density at radius 3 is 2.19 bits per heavy atom. The molecule has 0 heterocycles. The monoisotopic (exact) mass is 284 g/mol. The fourth-order valence-corrected chi connectivity index (χ4v) is 1.85. The van der Waals surface area contributed by atoms with E-state index in [4.69, 9.17) is 0 Å². The molecule has 0 aromatic heterocycles. The molecule has 108 valence electrons. The van der Waals surface area contributed by atoms with Crippen LogP contribution in [-0.4, -0.2) is 24.0 Å². The van der Waals surface area contributed by atoms with Crippen LogP contribution in [0.4, 0.5) is 5.69 Å². The third kappa shape index (κ3) is 3.67. The topological polar surface area (TPSA) is 78.4 Å². The van der Waals surface area contributed by atoms with Crippen LogP contribution in [0.3, 0.4) is 0 Å². The van der Waals surface area contributed by atoms with Gasteiger partial charge in [0.1, 0.15) is 0 Å². The number of hydrogen-bond acceptors (Lipinski definition) is 3. The van der Waals surface area contributed by atoms with Gasteiger partial charge in [-0.3, -0.25) is 9.59 Å². The summed E-state index contributed by atoms with van der Waals surface area (Å²) in [7, 11) is 1.55. The Bertz CT molecular complexity index is 624. The van der Waals surface area contributed by atoms with Gasteiger partial charge >= 0.3 is 0 Å². The van der Waals surface area contributed by atoms with Crippen LogP contribution in [0.2, 0.25) is 0 Å². The Balaban J connectivity index is 2.04. The van der Waals surface area contributed by atoms with Crippen LogP contribution in [-0.2, 0) is 4.79 Å². The van der Waals surface area contributed by atoms with Crippen LogP contribution in [0.1, 0.15) is 22.0 Å². The molecule has 0 aliphatic heterocycles. The van der Waals surface area contributed by atoms with Crippen LogP contribution < -0.4 is 10.6 Å². The second kappa shape index (κ2) is 6.67. The van der Waals surface area contributed by atoms with Gasteiger partial charge in [0, 0.05) is 18.3 Å². The zero-order chi connectivity index (χ0) is 15.2. The van der Waals surface area contributed by atoms with Gasteiger partial charge in [0.15, 0.2) is 6.10 Å². The molecule has 0 aliphatic rings. The smallest absolute Gasteiger partial charge is 0.257 e. The van der Waals surface area contributed by atoms with Crippen molar-refractivity contribution in [3.63, 3.8) is 0 Å². The summed E-state index contributed by atoms with van der Waals surface area (Å²) in [4.78, 5) is 23.3. The van der Waals surface area contributed by atoms with Gasteiger partial charge in [-0.25, -0.2) is 0 Å². The molecule has 0 aliphatic carbocycles. The number of aliphatic hydroxyl groups excluding tert-OH is 1. The molecule has 0 spiro atoms. The number of rotatable bonds is 4. The highest BCUT2D eigenvalue weighted by Crippen LogP contribution is 2.16. The largest absolute Gasteiger partial charge is 0.378 e. The summed E-state index contributed by atoms with van der Waals surface area (Å²) in [6, 6.07) is 15.1. The minimum atomic E-state index is -1.23. The van der Waals surface area contributed by atoms with Crippen molar-refractivity contribution < 1.29 is 14.7 Å². The van der Waals surface area contributed by atoms with Gasteiger partial charge in [0.05, 0.1) is 0 Å². The second-order valence-electron chi connectivity index (χ2n) is 4.46. The molecule has 5 nitrogen and oxygen atoms in total. The summed E-state index contributed by atoms with van der Waals surface area (Å²) in [5, 5.41) is 15.1. The number of carbonyl (C=O) groups excluding carboxylic acids is 2. The molecular formula is C16H16N2O3. The van der Waals surface area contributed by atoms with Crippen molar-refractivity contribution in [1.82, 2.24) is 5.32 Å². The first-order chi connectivity index (χ1) is 10.1. The third-order valence-electron chi connectivity index (χ3n) is 3.01. The summed E-state index contributed by atoms with van der Waals surface area (Å²) in [5.74, 6) is -0.717. The summed E-state index contributed by atoms with van der Waals surface area (Å²) >= 11 is 0.